The molecular weight excluding hydrogens is 444 g/mol. The van der Waals surface area contributed by atoms with Crippen molar-refractivity contribution in [3.05, 3.63) is 66.2 Å². The van der Waals surface area contributed by atoms with Crippen molar-refractivity contribution in [3.8, 4) is 5.75 Å². The average Bonchev–Trinajstić information content (AvgIpc) is 2.70. The molecule has 166 valence electrons. The summed E-state index contributed by atoms with van der Waals surface area (Å²) in [5.74, 6) is -0.147. The van der Waals surface area contributed by atoms with E-state index in [0.29, 0.717) is 10.9 Å². The quantitative estimate of drug-likeness (QED) is 0.430. The zero-order chi connectivity index (χ0) is 22.8. The minimum Gasteiger partial charge on any atom is -0.387 e. The van der Waals surface area contributed by atoms with E-state index in [1.165, 1.54) is 30.3 Å². The first kappa shape index (κ1) is 23.0. The second kappa shape index (κ2) is 8.81. The minimum absolute atomic E-state index is 0.0952. The molecular formula is C20H22N2O7S2. The molecule has 3 rings (SSSR count). The van der Waals surface area contributed by atoms with Crippen LogP contribution in [0, 0.1) is 0 Å². The number of nitrogens with one attached hydrogen (secondary N) is 1. The lowest BCUT2D eigenvalue weighted by molar-refractivity contribution is 0.182. The highest BCUT2D eigenvalue weighted by Crippen LogP contribution is 2.30. The van der Waals surface area contributed by atoms with Crippen molar-refractivity contribution in [1.82, 2.24) is 4.72 Å². The van der Waals surface area contributed by atoms with Gasteiger partial charge in [0.1, 0.15) is 5.75 Å². The molecule has 0 amide bonds. The van der Waals surface area contributed by atoms with Gasteiger partial charge < -0.3 is 14.2 Å². The summed E-state index contributed by atoms with van der Waals surface area (Å²) < 4.78 is 62.7. The van der Waals surface area contributed by atoms with Crippen molar-refractivity contribution >= 4 is 36.9 Å². The van der Waals surface area contributed by atoms with Gasteiger partial charge in [-0.2, -0.15) is 8.42 Å². The van der Waals surface area contributed by atoms with Crippen molar-refractivity contribution in [3.63, 3.8) is 0 Å². The number of hydrogen-bond donors (Lipinski definition) is 3. The molecule has 1 unspecified atom stereocenters. The highest BCUT2D eigenvalue weighted by molar-refractivity contribution is 7.89. The summed E-state index contributed by atoms with van der Waals surface area (Å²) in [6.45, 7) is -0.301. The normalized spacial score (nSPS) is 13.2. The number of hydrogen-bond acceptors (Lipinski definition) is 7. The van der Waals surface area contributed by atoms with Gasteiger partial charge in [-0.1, -0.05) is 36.4 Å². The Balaban J connectivity index is 1.79. The fourth-order valence-electron chi connectivity index (χ4n) is 3.14. The summed E-state index contributed by atoms with van der Waals surface area (Å²) in [6, 6.07) is 15.6. The van der Waals surface area contributed by atoms with Crippen molar-refractivity contribution < 1.29 is 30.7 Å². The molecule has 11 heteroatoms. The lowest BCUT2D eigenvalue weighted by atomic mass is 10.1. The van der Waals surface area contributed by atoms with Crippen LogP contribution in [0.4, 0.5) is 5.69 Å². The number of rotatable bonds is 8. The van der Waals surface area contributed by atoms with Crippen LogP contribution < -0.4 is 13.8 Å². The van der Waals surface area contributed by atoms with Gasteiger partial charge >= 0.3 is 10.4 Å². The van der Waals surface area contributed by atoms with Crippen LogP contribution in [0.5, 0.6) is 5.75 Å². The molecule has 0 saturated carbocycles. The first-order valence-electron chi connectivity index (χ1n) is 9.11. The van der Waals surface area contributed by atoms with Crippen LogP contribution in [0.1, 0.15) is 11.7 Å². The molecule has 9 nitrogen and oxygen atoms in total. The number of nitrogens with zero attached hydrogens (tertiary/aromatic N) is 1. The van der Waals surface area contributed by atoms with E-state index < -0.39 is 26.5 Å². The van der Waals surface area contributed by atoms with Crippen molar-refractivity contribution in [2.24, 2.45) is 0 Å². The lowest BCUT2D eigenvalue weighted by Gasteiger charge is -2.18. The number of sulfonamides is 1. The van der Waals surface area contributed by atoms with E-state index >= 15 is 0 Å². The van der Waals surface area contributed by atoms with Crippen LogP contribution in [-0.2, 0) is 20.4 Å². The number of fused-ring (bicyclic) bond motifs is 1. The number of anilines is 1. The van der Waals surface area contributed by atoms with E-state index in [1.807, 2.05) is 31.1 Å². The van der Waals surface area contributed by atoms with Gasteiger partial charge in [0.15, 0.2) is 0 Å². The van der Waals surface area contributed by atoms with Crippen LogP contribution in [0.2, 0.25) is 0 Å². The molecule has 1 atom stereocenters. The molecule has 3 aromatic carbocycles. The molecule has 0 aliphatic carbocycles. The largest absolute Gasteiger partial charge is 0.446 e. The Hall–Kier alpha value is -2.70. The fourth-order valence-corrected chi connectivity index (χ4v) is 4.75. The van der Waals surface area contributed by atoms with Crippen LogP contribution in [0.15, 0.2) is 65.6 Å². The summed E-state index contributed by atoms with van der Waals surface area (Å²) >= 11 is 0. The molecule has 0 spiro atoms. The van der Waals surface area contributed by atoms with Crippen molar-refractivity contribution in [2.75, 3.05) is 25.5 Å². The van der Waals surface area contributed by atoms with Gasteiger partial charge in [-0.05, 0) is 29.8 Å². The van der Waals surface area contributed by atoms with Crippen molar-refractivity contribution in [1.29, 1.82) is 0 Å². The van der Waals surface area contributed by atoms with Gasteiger partial charge in [0, 0.05) is 37.1 Å². The van der Waals surface area contributed by atoms with Gasteiger partial charge in [0.2, 0.25) is 10.0 Å². The minimum atomic E-state index is -4.65. The van der Waals surface area contributed by atoms with Crippen LogP contribution >= 0.6 is 0 Å². The molecule has 0 fully saturated rings. The standard InChI is InChI=1S/C20H22N2O7S2/c1-22(2)18-7-3-6-17-16(18)5-4-8-20(17)30(24,25)21-13-19(23)14-9-11-15(12-10-14)29-31(26,27)28/h3-12,19,21,23H,13H2,1-2H3,(H,26,27,28). The Morgan fingerprint density at radius 3 is 2.16 bits per heavy atom. The maximum Gasteiger partial charge on any atom is 0.446 e. The first-order chi connectivity index (χ1) is 14.5. The SMILES string of the molecule is CN(C)c1cccc2c(S(=O)(=O)NCC(O)c3ccc(OS(=O)(=O)O)cc3)cccc12. The predicted molar refractivity (Wildman–Crippen MR) is 117 cm³/mol. The number of aliphatic hydroxyl groups excluding tert-OH is 1. The maximum absolute atomic E-state index is 12.9. The van der Waals surface area contributed by atoms with E-state index in [9.17, 15) is 21.9 Å². The monoisotopic (exact) mass is 466 g/mol. The van der Waals surface area contributed by atoms with Gasteiger partial charge in [0.25, 0.3) is 0 Å². The maximum atomic E-state index is 12.9. The smallest absolute Gasteiger partial charge is 0.387 e. The Labute approximate surface area is 180 Å². The second-order valence-electron chi connectivity index (χ2n) is 6.97. The van der Waals surface area contributed by atoms with E-state index in [1.54, 1.807) is 18.2 Å². The van der Waals surface area contributed by atoms with E-state index in [2.05, 4.69) is 8.91 Å². The molecule has 0 bridgehead atoms. The second-order valence-corrected chi connectivity index (χ2v) is 9.73. The summed E-state index contributed by atoms with van der Waals surface area (Å²) in [5, 5.41) is 11.7. The highest BCUT2D eigenvalue weighted by atomic mass is 32.3. The third kappa shape index (κ3) is 5.51. The third-order valence-electron chi connectivity index (χ3n) is 4.56. The first-order valence-corrected chi connectivity index (χ1v) is 12.0. The molecule has 31 heavy (non-hydrogen) atoms. The van der Waals surface area contributed by atoms with Gasteiger partial charge in [-0.15, -0.1) is 0 Å². The summed E-state index contributed by atoms with van der Waals surface area (Å²) in [6.07, 6.45) is -1.19. The van der Waals surface area contributed by atoms with Gasteiger partial charge in [0.05, 0.1) is 11.0 Å². The van der Waals surface area contributed by atoms with Crippen LogP contribution in [0.25, 0.3) is 10.8 Å². The Morgan fingerprint density at radius 2 is 1.55 bits per heavy atom. The number of benzene rings is 3. The summed E-state index contributed by atoms with van der Waals surface area (Å²) in [5.41, 5.74) is 1.21. The average molecular weight is 467 g/mol. The predicted octanol–water partition coefficient (Wildman–Crippen LogP) is 2.10. The Morgan fingerprint density at radius 1 is 0.935 bits per heavy atom. The number of aliphatic hydroxyl groups is 1. The van der Waals surface area contributed by atoms with E-state index in [0.717, 1.165) is 11.1 Å². The summed E-state index contributed by atoms with van der Waals surface area (Å²) in [7, 11) is -4.84. The van der Waals surface area contributed by atoms with E-state index in [-0.39, 0.29) is 17.2 Å². The zero-order valence-corrected chi connectivity index (χ0v) is 18.4. The molecule has 0 heterocycles. The Bertz CT molecular complexity index is 1290. The molecule has 0 aliphatic heterocycles. The van der Waals surface area contributed by atoms with Gasteiger partial charge in [-0.3, -0.25) is 4.55 Å². The molecule has 0 aliphatic rings. The third-order valence-corrected chi connectivity index (χ3v) is 6.45. The fraction of sp³-hybridized carbons (Fsp3) is 0.200. The molecule has 0 radical (unpaired) electrons. The van der Waals surface area contributed by atoms with Crippen LogP contribution in [0.3, 0.4) is 0 Å². The Kier molecular flexibility index (Phi) is 6.53. The highest BCUT2D eigenvalue weighted by Gasteiger charge is 2.20. The topological polar surface area (TPSA) is 133 Å². The lowest BCUT2D eigenvalue weighted by Crippen LogP contribution is -2.28. The van der Waals surface area contributed by atoms with E-state index in [4.69, 9.17) is 4.55 Å². The summed E-state index contributed by atoms with van der Waals surface area (Å²) in [4.78, 5) is 1.99. The molecule has 3 aromatic rings. The molecule has 0 aromatic heterocycles. The van der Waals surface area contributed by atoms with Gasteiger partial charge in [-0.25, -0.2) is 13.1 Å². The van der Waals surface area contributed by atoms with Crippen LogP contribution in [-0.4, -0.2) is 47.1 Å². The molecule has 3 N–H and O–H groups in total. The zero-order valence-electron chi connectivity index (χ0n) is 16.8. The van der Waals surface area contributed by atoms with Crippen molar-refractivity contribution in [2.45, 2.75) is 11.0 Å². The molecule has 0 saturated heterocycles.